The van der Waals surface area contributed by atoms with Crippen molar-refractivity contribution in [3.05, 3.63) is 35.4 Å². The highest BCUT2D eigenvalue weighted by atomic mass is 32.2. The summed E-state index contributed by atoms with van der Waals surface area (Å²) in [6.07, 6.45) is 0. The first-order chi connectivity index (χ1) is 6.88. The van der Waals surface area contributed by atoms with Crippen molar-refractivity contribution in [1.82, 2.24) is 0 Å². The van der Waals surface area contributed by atoms with Crippen LogP contribution in [0.2, 0.25) is 0 Å². The van der Waals surface area contributed by atoms with Gasteiger partial charge in [-0.2, -0.15) is 11.8 Å². The second-order valence-electron chi connectivity index (χ2n) is 4.41. The van der Waals surface area contributed by atoms with Crippen LogP contribution in [-0.2, 0) is 5.75 Å². The van der Waals surface area contributed by atoms with Gasteiger partial charge in [-0.25, -0.2) is 4.79 Å². The van der Waals surface area contributed by atoms with Crippen LogP contribution in [0.3, 0.4) is 0 Å². The molecule has 0 saturated carbocycles. The maximum atomic E-state index is 10.7. The fourth-order valence-corrected chi connectivity index (χ4v) is 1.87. The maximum Gasteiger partial charge on any atom is 0.335 e. The van der Waals surface area contributed by atoms with Crippen LogP contribution in [0.4, 0.5) is 0 Å². The summed E-state index contributed by atoms with van der Waals surface area (Å²) in [4.78, 5) is 10.7. The molecule has 0 aliphatic rings. The van der Waals surface area contributed by atoms with Crippen LogP contribution in [0.5, 0.6) is 0 Å². The Morgan fingerprint density at radius 1 is 1.40 bits per heavy atom. The highest BCUT2D eigenvalue weighted by Gasteiger charge is 2.11. The van der Waals surface area contributed by atoms with Gasteiger partial charge in [0.25, 0.3) is 0 Å². The minimum absolute atomic E-state index is 0.208. The fraction of sp³-hybridized carbons (Fsp3) is 0.417. The van der Waals surface area contributed by atoms with Crippen molar-refractivity contribution >= 4 is 17.7 Å². The molecule has 0 aromatic heterocycles. The Hall–Kier alpha value is -0.960. The molecule has 82 valence electrons. The van der Waals surface area contributed by atoms with E-state index in [1.807, 2.05) is 17.8 Å². The average Bonchev–Trinajstić information content (AvgIpc) is 2.14. The van der Waals surface area contributed by atoms with Gasteiger partial charge in [-0.15, -0.1) is 0 Å². The van der Waals surface area contributed by atoms with Gasteiger partial charge in [-0.05, 0) is 17.7 Å². The van der Waals surface area contributed by atoms with Crippen molar-refractivity contribution in [3.8, 4) is 0 Å². The molecule has 1 N–H and O–H groups in total. The van der Waals surface area contributed by atoms with Crippen molar-refractivity contribution in [1.29, 1.82) is 0 Å². The zero-order valence-corrected chi connectivity index (χ0v) is 10.1. The second kappa shape index (κ2) is 4.71. The zero-order chi connectivity index (χ0) is 11.5. The SMILES string of the molecule is CC(C)(C)SCc1cccc(C(=O)O)c1. The smallest absolute Gasteiger partial charge is 0.335 e. The monoisotopic (exact) mass is 224 g/mol. The Labute approximate surface area is 94.7 Å². The molecular formula is C12H16O2S. The fourth-order valence-electron chi connectivity index (χ4n) is 1.09. The lowest BCUT2D eigenvalue weighted by molar-refractivity contribution is 0.0697. The van der Waals surface area contributed by atoms with E-state index in [4.69, 9.17) is 5.11 Å². The molecule has 0 atom stereocenters. The lowest BCUT2D eigenvalue weighted by atomic mass is 10.1. The molecule has 15 heavy (non-hydrogen) atoms. The molecule has 2 nitrogen and oxygen atoms in total. The van der Waals surface area contributed by atoms with Crippen molar-refractivity contribution in [3.63, 3.8) is 0 Å². The van der Waals surface area contributed by atoms with E-state index in [1.54, 1.807) is 18.2 Å². The van der Waals surface area contributed by atoms with Crippen molar-refractivity contribution < 1.29 is 9.90 Å². The predicted octanol–water partition coefficient (Wildman–Crippen LogP) is 3.42. The third-order valence-electron chi connectivity index (χ3n) is 1.85. The molecule has 0 unspecified atom stereocenters. The number of carbonyl (C=O) groups is 1. The summed E-state index contributed by atoms with van der Waals surface area (Å²) in [6, 6.07) is 7.11. The van der Waals surface area contributed by atoms with E-state index >= 15 is 0 Å². The summed E-state index contributed by atoms with van der Waals surface area (Å²) >= 11 is 1.81. The normalized spacial score (nSPS) is 11.4. The first-order valence-electron chi connectivity index (χ1n) is 4.85. The predicted molar refractivity (Wildman–Crippen MR) is 64.4 cm³/mol. The number of rotatable bonds is 3. The standard InChI is InChI=1S/C12H16O2S/c1-12(2,3)15-8-9-5-4-6-10(7-9)11(13)14/h4-7H,8H2,1-3H3,(H,13,14). The Bertz CT molecular complexity index is 353. The highest BCUT2D eigenvalue weighted by molar-refractivity contribution is 7.99. The van der Waals surface area contributed by atoms with Gasteiger partial charge in [0.15, 0.2) is 0 Å². The first kappa shape index (κ1) is 12.1. The van der Waals surface area contributed by atoms with Crippen LogP contribution >= 0.6 is 11.8 Å². The highest BCUT2D eigenvalue weighted by Crippen LogP contribution is 2.27. The minimum Gasteiger partial charge on any atom is -0.478 e. The maximum absolute atomic E-state index is 10.7. The third-order valence-corrected chi connectivity index (χ3v) is 3.19. The number of hydrogen-bond acceptors (Lipinski definition) is 2. The third kappa shape index (κ3) is 4.38. The van der Waals surface area contributed by atoms with E-state index < -0.39 is 5.97 Å². The Morgan fingerprint density at radius 2 is 2.07 bits per heavy atom. The van der Waals surface area contributed by atoms with Crippen molar-refractivity contribution in [2.75, 3.05) is 0 Å². The molecule has 0 bridgehead atoms. The Balaban J connectivity index is 2.70. The second-order valence-corrected chi connectivity index (χ2v) is 6.21. The zero-order valence-electron chi connectivity index (χ0n) is 9.28. The van der Waals surface area contributed by atoms with Crippen LogP contribution in [0.15, 0.2) is 24.3 Å². The molecule has 0 saturated heterocycles. The molecule has 0 fully saturated rings. The lowest BCUT2D eigenvalue weighted by Gasteiger charge is -2.17. The topological polar surface area (TPSA) is 37.3 Å². The molecule has 1 aromatic carbocycles. The summed E-state index contributed by atoms with van der Waals surface area (Å²) < 4.78 is 0.208. The van der Waals surface area contributed by atoms with Crippen LogP contribution in [-0.4, -0.2) is 15.8 Å². The van der Waals surface area contributed by atoms with Gasteiger partial charge in [0, 0.05) is 10.5 Å². The molecule has 0 amide bonds. The lowest BCUT2D eigenvalue weighted by Crippen LogP contribution is -2.07. The van der Waals surface area contributed by atoms with E-state index in [2.05, 4.69) is 20.8 Å². The summed E-state index contributed by atoms with van der Waals surface area (Å²) in [5.74, 6) is -0.0115. The average molecular weight is 224 g/mol. The van der Waals surface area contributed by atoms with Crippen molar-refractivity contribution in [2.45, 2.75) is 31.3 Å². The molecule has 3 heteroatoms. The van der Waals surface area contributed by atoms with E-state index in [0.717, 1.165) is 11.3 Å². The van der Waals surface area contributed by atoms with Gasteiger partial charge in [-0.1, -0.05) is 32.9 Å². The molecule has 1 rings (SSSR count). The molecule has 0 radical (unpaired) electrons. The van der Waals surface area contributed by atoms with E-state index in [1.165, 1.54) is 0 Å². The van der Waals surface area contributed by atoms with Gasteiger partial charge < -0.3 is 5.11 Å². The van der Waals surface area contributed by atoms with E-state index in [-0.39, 0.29) is 4.75 Å². The van der Waals surface area contributed by atoms with Crippen LogP contribution < -0.4 is 0 Å². The van der Waals surface area contributed by atoms with Crippen molar-refractivity contribution in [2.24, 2.45) is 0 Å². The molecule has 1 aromatic rings. The van der Waals surface area contributed by atoms with Gasteiger partial charge in [0.1, 0.15) is 0 Å². The largest absolute Gasteiger partial charge is 0.478 e. The van der Waals surface area contributed by atoms with Crippen LogP contribution in [0, 0.1) is 0 Å². The molecular weight excluding hydrogens is 208 g/mol. The number of carboxylic acids is 1. The number of hydrogen-bond donors (Lipinski definition) is 1. The molecule has 0 aliphatic carbocycles. The number of benzene rings is 1. The molecule has 0 spiro atoms. The Morgan fingerprint density at radius 3 is 2.60 bits per heavy atom. The van der Waals surface area contributed by atoms with E-state index in [0.29, 0.717) is 5.56 Å². The summed E-state index contributed by atoms with van der Waals surface area (Å²) in [6.45, 7) is 6.45. The van der Waals surface area contributed by atoms with Crippen LogP contribution in [0.1, 0.15) is 36.7 Å². The van der Waals surface area contributed by atoms with Crippen LogP contribution in [0.25, 0.3) is 0 Å². The molecule has 0 aliphatic heterocycles. The van der Waals surface area contributed by atoms with Gasteiger partial charge in [0.2, 0.25) is 0 Å². The van der Waals surface area contributed by atoms with E-state index in [9.17, 15) is 4.79 Å². The summed E-state index contributed by atoms with van der Waals surface area (Å²) in [5, 5.41) is 8.83. The number of thioether (sulfide) groups is 1. The van der Waals surface area contributed by atoms with Gasteiger partial charge in [-0.3, -0.25) is 0 Å². The Kier molecular flexibility index (Phi) is 3.80. The summed E-state index contributed by atoms with van der Waals surface area (Å²) in [7, 11) is 0. The summed E-state index contributed by atoms with van der Waals surface area (Å²) in [5.41, 5.74) is 1.43. The minimum atomic E-state index is -0.863. The van der Waals surface area contributed by atoms with Gasteiger partial charge in [0.05, 0.1) is 5.56 Å². The molecule has 0 heterocycles. The number of carboxylic acid groups (broad SMARTS) is 1. The first-order valence-corrected chi connectivity index (χ1v) is 5.83. The number of aromatic carboxylic acids is 1. The van der Waals surface area contributed by atoms with Gasteiger partial charge >= 0.3 is 5.97 Å². The quantitative estimate of drug-likeness (QED) is 0.854.